The topological polar surface area (TPSA) is 21.3 Å². The van der Waals surface area contributed by atoms with E-state index in [0.29, 0.717) is 0 Å². The minimum absolute atomic E-state index is 0.0913. The fourth-order valence-electron chi connectivity index (χ4n) is 2.42. The first-order chi connectivity index (χ1) is 9.13. The highest BCUT2D eigenvalue weighted by molar-refractivity contribution is 5.59. The minimum atomic E-state index is 0.0913. The van der Waals surface area contributed by atoms with Crippen LogP contribution in [0.4, 0.5) is 5.69 Å². The predicted molar refractivity (Wildman–Crippen MR) is 79.0 cm³/mol. The zero-order valence-electron chi connectivity index (χ0n) is 11.7. The van der Waals surface area contributed by atoms with Crippen LogP contribution in [0.25, 0.3) is 0 Å². The third kappa shape index (κ3) is 2.30. The number of anilines is 1. The maximum absolute atomic E-state index is 6.13. The second-order valence-electron chi connectivity index (χ2n) is 5.33. The van der Waals surface area contributed by atoms with Crippen LogP contribution < -0.4 is 10.1 Å². The average molecular weight is 253 g/mol. The monoisotopic (exact) mass is 253 g/mol. The van der Waals surface area contributed by atoms with Crippen molar-refractivity contribution in [3.63, 3.8) is 0 Å². The molecule has 1 N–H and O–H groups in total. The van der Waals surface area contributed by atoms with Gasteiger partial charge in [-0.3, -0.25) is 0 Å². The van der Waals surface area contributed by atoms with Crippen LogP contribution in [0.5, 0.6) is 5.75 Å². The summed E-state index contributed by atoms with van der Waals surface area (Å²) in [5.74, 6) is 0.953. The molecular weight excluding hydrogens is 234 g/mol. The lowest BCUT2D eigenvalue weighted by Gasteiger charge is -2.28. The molecule has 0 radical (unpaired) electrons. The molecule has 0 bridgehead atoms. The molecule has 0 aliphatic carbocycles. The summed E-state index contributed by atoms with van der Waals surface area (Å²) in [4.78, 5) is 0. The number of hydrogen-bond donors (Lipinski definition) is 1. The first-order valence-electron chi connectivity index (χ1n) is 6.72. The second kappa shape index (κ2) is 4.61. The molecule has 2 heteroatoms. The van der Waals surface area contributed by atoms with Crippen LogP contribution in [0.15, 0.2) is 36.4 Å². The van der Waals surface area contributed by atoms with Crippen molar-refractivity contribution in [2.75, 3.05) is 11.9 Å². The van der Waals surface area contributed by atoms with Gasteiger partial charge in [0.1, 0.15) is 11.9 Å². The molecule has 1 heterocycles. The molecule has 0 saturated carbocycles. The highest BCUT2D eigenvalue weighted by Crippen LogP contribution is 2.35. The van der Waals surface area contributed by atoms with E-state index >= 15 is 0 Å². The lowest BCUT2D eigenvalue weighted by Crippen LogP contribution is -2.23. The molecule has 1 atom stereocenters. The molecule has 1 aliphatic heterocycles. The van der Waals surface area contributed by atoms with Crippen LogP contribution in [0.2, 0.25) is 0 Å². The van der Waals surface area contributed by atoms with Crippen molar-refractivity contribution >= 4 is 5.69 Å². The van der Waals surface area contributed by atoms with Gasteiger partial charge in [0.05, 0.1) is 12.2 Å². The Hall–Kier alpha value is -1.96. The van der Waals surface area contributed by atoms with Gasteiger partial charge in [-0.1, -0.05) is 24.3 Å². The van der Waals surface area contributed by atoms with E-state index in [2.05, 4.69) is 62.5 Å². The van der Waals surface area contributed by atoms with E-state index < -0.39 is 0 Å². The summed E-state index contributed by atoms with van der Waals surface area (Å²) in [6.07, 6.45) is 0.0913. The van der Waals surface area contributed by atoms with Gasteiger partial charge >= 0.3 is 0 Å². The van der Waals surface area contributed by atoms with Crippen molar-refractivity contribution in [3.05, 3.63) is 58.7 Å². The van der Waals surface area contributed by atoms with E-state index in [0.717, 1.165) is 18.0 Å². The Morgan fingerprint density at radius 1 is 1.00 bits per heavy atom. The van der Waals surface area contributed by atoms with Gasteiger partial charge in [0, 0.05) is 0 Å². The molecule has 0 fully saturated rings. The first-order valence-corrected chi connectivity index (χ1v) is 6.72. The molecule has 1 aliphatic rings. The average Bonchev–Trinajstić information content (AvgIpc) is 2.41. The van der Waals surface area contributed by atoms with Crippen molar-refractivity contribution in [1.29, 1.82) is 0 Å². The summed E-state index contributed by atoms with van der Waals surface area (Å²) in [7, 11) is 0. The fraction of sp³-hybridized carbons (Fsp3) is 0.294. The first kappa shape index (κ1) is 12.1. The summed E-state index contributed by atoms with van der Waals surface area (Å²) in [5.41, 5.74) is 6.19. The number of rotatable bonds is 1. The number of benzene rings is 2. The van der Waals surface area contributed by atoms with Gasteiger partial charge in [0.15, 0.2) is 0 Å². The number of nitrogens with one attached hydrogen (secondary N) is 1. The second-order valence-corrected chi connectivity index (χ2v) is 5.33. The third-order valence-corrected chi connectivity index (χ3v) is 3.79. The molecule has 0 amide bonds. The number of aryl methyl sites for hydroxylation is 3. The smallest absolute Gasteiger partial charge is 0.143 e. The van der Waals surface area contributed by atoms with Crippen LogP contribution in [-0.4, -0.2) is 6.54 Å². The molecule has 0 aromatic heterocycles. The molecule has 0 saturated heterocycles. The van der Waals surface area contributed by atoms with E-state index in [1.54, 1.807) is 0 Å². The van der Waals surface area contributed by atoms with Crippen molar-refractivity contribution in [2.45, 2.75) is 26.9 Å². The molecule has 19 heavy (non-hydrogen) atoms. The Labute approximate surface area is 114 Å². The highest BCUT2D eigenvalue weighted by atomic mass is 16.5. The van der Waals surface area contributed by atoms with Gasteiger partial charge in [0.25, 0.3) is 0 Å². The van der Waals surface area contributed by atoms with Gasteiger partial charge in [-0.05, 0) is 55.2 Å². The maximum Gasteiger partial charge on any atom is 0.143 e. The van der Waals surface area contributed by atoms with Gasteiger partial charge in [-0.2, -0.15) is 0 Å². The quantitative estimate of drug-likeness (QED) is 0.824. The van der Waals surface area contributed by atoms with Crippen LogP contribution >= 0.6 is 0 Å². The van der Waals surface area contributed by atoms with E-state index in [4.69, 9.17) is 4.74 Å². The summed E-state index contributed by atoms with van der Waals surface area (Å²) in [6.45, 7) is 7.19. The SMILES string of the molecule is Cc1ccc2c(c1)OC(c1ccc(C)c(C)c1)CN2. The van der Waals surface area contributed by atoms with Crippen LogP contribution in [0.1, 0.15) is 28.4 Å². The number of fused-ring (bicyclic) bond motifs is 1. The molecule has 3 rings (SSSR count). The number of ether oxygens (including phenoxy) is 1. The van der Waals surface area contributed by atoms with Gasteiger partial charge in [-0.25, -0.2) is 0 Å². The molecule has 2 nitrogen and oxygen atoms in total. The van der Waals surface area contributed by atoms with Crippen molar-refractivity contribution in [2.24, 2.45) is 0 Å². The molecule has 1 unspecified atom stereocenters. The molecular formula is C17H19NO. The van der Waals surface area contributed by atoms with Crippen LogP contribution in [0.3, 0.4) is 0 Å². The van der Waals surface area contributed by atoms with Crippen molar-refractivity contribution < 1.29 is 4.74 Å². The number of hydrogen-bond acceptors (Lipinski definition) is 2. The minimum Gasteiger partial charge on any atom is -0.482 e. The zero-order chi connectivity index (χ0) is 13.4. The van der Waals surface area contributed by atoms with Gasteiger partial charge in [-0.15, -0.1) is 0 Å². The van der Waals surface area contributed by atoms with Gasteiger partial charge < -0.3 is 10.1 Å². The Kier molecular flexibility index (Phi) is 2.94. The van der Waals surface area contributed by atoms with Crippen LogP contribution in [0, 0.1) is 20.8 Å². The molecule has 2 aromatic carbocycles. The summed E-state index contributed by atoms with van der Waals surface area (Å²) >= 11 is 0. The van der Waals surface area contributed by atoms with Gasteiger partial charge in [0.2, 0.25) is 0 Å². The molecule has 0 spiro atoms. The summed E-state index contributed by atoms with van der Waals surface area (Å²) in [6, 6.07) is 12.8. The Morgan fingerprint density at radius 2 is 1.84 bits per heavy atom. The zero-order valence-corrected chi connectivity index (χ0v) is 11.7. The lowest BCUT2D eigenvalue weighted by atomic mass is 10.0. The lowest BCUT2D eigenvalue weighted by molar-refractivity contribution is 0.210. The Balaban J connectivity index is 1.90. The van der Waals surface area contributed by atoms with E-state index in [9.17, 15) is 0 Å². The van der Waals surface area contributed by atoms with E-state index in [-0.39, 0.29) is 6.10 Å². The normalized spacial score (nSPS) is 17.3. The Bertz CT molecular complexity index is 619. The van der Waals surface area contributed by atoms with E-state index in [1.165, 1.54) is 22.3 Å². The van der Waals surface area contributed by atoms with Crippen LogP contribution in [-0.2, 0) is 0 Å². The molecule has 98 valence electrons. The predicted octanol–water partition coefficient (Wildman–Crippen LogP) is 4.16. The fourth-order valence-corrected chi connectivity index (χ4v) is 2.42. The summed E-state index contributed by atoms with van der Waals surface area (Å²) < 4.78 is 6.13. The third-order valence-electron chi connectivity index (χ3n) is 3.79. The summed E-state index contributed by atoms with van der Waals surface area (Å²) in [5, 5.41) is 3.45. The van der Waals surface area contributed by atoms with Crippen molar-refractivity contribution in [1.82, 2.24) is 0 Å². The largest absolute Gasteiger partial charge is 0.482 e. The van der Waals surface area contributed by atoms with E-state index in [1.807, 2.05) is 0 Å². The highest BCUT2D eigenvalue weighted by Gasteiger charge is 2.21. The molecule has 2 aromatic rings. The van der Waals surface area contributed by atoms with Crippen molar-refractivity contribution in [3.8, 4) is 5.75 Å². The maximum atomic E-state index is 6.13. The standard InChI is InChI=1S/C17H19NO/c1-11-4-7-15-16(8-11)19-17(10-18-15)14-6-5-12(2)13(3)9-14/h4-9,17-18H,10H2,1-3H3. The Morgan fingerprint density at radius 3 is 2.63 bits per heavy atom.